The van der Waals surface area contributed by atoms with Crippen molar-refractivity contribution in [1.29, 1.82) is 0 Å². The van der Waals surface area contributed by atoms with Gasteiger partial charge in [-0.05, 0) is 17.7 Å². The fraction of sp³-hybridized carbons (Fsp3) is 0.462. The largest absolute Gasteiger partial charge is 0.573 e. The van der Waals surface area contributed by atoms with Gasteiger partial charge in [0.1, 0.15) is 5.75 Å². The topological polar surface area (TPSA) is 47.6 Å². The number of carbonyl (C=O) groups excluding carboxylic acids is 1. The summed E-state index contributed by atoms with van der Waals surface area (Å²) in [5, 5.41) is 3.03. The highest BCUT2D eigenvalue weighted by molar-refractivity contribution is 5.86. The van der Waals surface area contributed by atoms with Gasteiger partial charge in [-0.25, -0.2) is 0 Å². The Bertz CT molecular complexity index is 453. The van der Waals surface area contributed by atoms with Gasteiger partial charge >= 0.3 is 6.36 Å². The molecule has 0 spiro atoms. The molecule has 1 heterocycles. The zero-order valence-corrected chi connectivity index (χ0v) is 10.6. The number of Topliss-reactive ketones (excluding diaryl/α,β-unsaturated/α-hetero) is 1. The van der Waals surface area contributed by atoms with E-state index in [1.54, 1.807) is 0 Å². The second-order valence-corrected chi connectivity index (χ2v) is 4.42. The van der Waals surface area contributed by atoms with Gasteiger partial charge in [0.05, 0.1) is 19.3 Å². The third-order valence-electron chi connectivity index (χ3n) is 2.85. The smallest absolute Gasteiger partial charge is 0.406 e. The number of ether oxygens (including phenoxy) is 2. The Balaban J connectivity index is 1.91. The van der Waals surface area contributed by atoms with Crippen LogP contribution in [-0.4, -0.2) is 37.9 Å². The Hall–Kier alpha value is -1.60. The molecule has 1 N–H and O–H groups in total. The monoisotopic (exact) mass is 289 g/mol. The lowest BCUT2D eigenvalue weighted by Crippen LogP contribution is -2.47. The highest BCUT2D eigenvalue weighted by Crippen LogP contribution is 2.22. The van der Waals surface area contributed by atoms with Gasteiger partial charge < -0.3 is 14.8 Å². The number of ketones is 1. The molecule has 0 amide bonds. The van der Waals surface area contributed by atoms with Gasteiger partial charge in [0.15, 0.2) is 5.78 Å². The van der Waals surface area contributed by atoms with Crippen LogP contribution in [-0.2, 0) is 16.0 Å². The third-order valence-corrected chi connectivity index (χ3v) is 2.85. The molecular weight excluding hydrogens is 275 g/mol. The Morgan fingerprint density at radius 1 is 1.35 bits per heavy atom. The molecule has 20 heavy (non-hydrogen) atoms. The number of benzene rings is 1. The number of hydrogen-bond donors (Lipinski definition) is 1. The fourth-order valence-electron chi connectivity index (χ4n) is 1.91. The summed E-state index contributed by atoms with van der Waals surface area (Å²) >= 11 is 0. The number of rotatable bonds is 4. The van der Waals surface area contributed by atoms with Crippen LogP contribution in [0, 0.1) is 0 Å². The minimum absolute atomic E-state index is 0.0470. The SMILES string of the molecule is O=C(Cc1ccc(OC(F)(F)F)cc1)C1COCCN1. The van der Waals surface area contributed by atoms with Gasteiger partial charge in [0.2, 0.25) is 0 Å². The van der Waals surface area contributed by atoms with E-state index >= 15 is 0 Å². The minimum Gasteiger partial charge on any atom is -0.406 e. The molecule has 1 aromatic rings. The second kappa shape index (κ2) is 6.23. The first kappa shape index (κ1) is 14.8. The molecule has 0 aromatic heterocycles. The summed E-state index contributed by atoms with van der Waals surface area (Å²) in [6, 6.07) is 4.93. The summed E-state index contributed by atoms with van der Waals surface area (Å²) in [5.74, 6) is -0.345. The molecule has 1 saturated heterocycles. The Labute approximate surface area is 113 Å². The summed E-state index contributed by atoms with van der Waals surface area (Å²) in [5.41, 5.74) is 0.636. The molecule has 1 unspecified atom stereocenters. The second-order valence-electron chi connectivity index (χ2n) is 4.42. The first-order chi connectivity index (χ1) is 9.44. The van der Waals surface area contributed by atoms with Crippen LogP contribution in [0.2, 0.25) is 0 Å². The van der Waals surface area contributed by atoms with E-state index < -0.39 is 6.36 Å². The molecule has 1 aliphatic heterocycles. The average Bonchev–Trinajstić information content (AvgIpc) is 2.40. The molecule has 2 rings (SSSR count). The Morgan fingerprint density at radius 2 is 2.05 bits per heavy atom. The molecule has 4 nitrogen and oxygen atoms in total. The van der Waals surface area contributed by atoms with Crippen LogP contribution >= 0.6 is 0 Å². The first-order valence-corrected chi connectivity index (χ1v) is 6.12. The van der Waals surface area contributed by atoms with Gasteiger partial charge in [-0.2, -0.15) is 0 Å². The molecule has 110 valence electrons. The van der Waals surface area contributed by atoms with Crippen LogP contribution in [0.15, 0.2) is 24.3 Å². The van der Waals surface area contributed by atoms with Crippen molar-refractivity contribution in [1.82, 2.24) is 5.32 Å². The molecule has 0 saturated carbocycles. The molecule has 0 bridgehead atoms. The third kappa shape index (κ3) is 4.50. The fourth-order valence-corrected chi connectivity index (χ4v) is 1.91. The average molecular weight is 289 g/mol. The summed E-state index contributed by atoms with van der Waals surface area (Å²) in [4.78, 5) is 11.9. The molecule has 1 aliphatic rings. The maximum Gasteiger partial charge on any atom is 0.573 e. The Kier molecular flexibility index (Phi) is 4.61. The van der Waals surface area contributed by atoms with E-state index in [-0.39, 0.29) is 24.0 Å². The van der Waals surface area contributed by atoms with Crippen molar-refractivity contribution >= 4 is 5.78 Å². The molecule has 1 atom stereocenters. The van der Waals surface area contributed by atoms with E-state index in [2.05, 4.69) is 10.1 Å². The number of halogens is 3. The van der Waals surface area contributed by atoms with Gasteiger partial charge in [-0.3, -0.25) is 4.79 Å². The van der Waals surface area contributed by atoms with Crippen molar-refractivity contribution in [2.45, 2.75) is 18.8 Å². The molecule has 0 aliphatic carbocycles. The summed E-state index contributed by atoms with van der Waals surface area (Å²) in [6.07, 6.45) is -4.56. The van der Waals surface area contributed by atoms with Gasteiger partial charge in [-0.1, -0.05) is 12.1 Å². The van der Waals surface area contributed by atoms with Crippen LogP contribution < -0.4 is 10.1 Å². The molecule has 7 heteroatoms. The molecule has 0 radical (unpaired) electrons. The van der Waals surface area contributed by atoms with E-state index in [1.165, 1.54) is 24.3 Å². The number of hydrogen-bond acceptors (Lipinski definition) is 4. The van der Waals surface area contributed by atoms with E-state index in [0.29, 0.717) is 25.3 Å². The van der Waals surface area contributed by atoms with E-state index in [1.807, 2.05) is 0 Å². The highest BCUT2D eigenvalue weighted by atomic mass is 19.4. The lowest BCUT2D eigenvalue weighted by Gasteiger charge is -2.22. The maximum absolute atomic E-state index is 12.0. The van der Waals surface area contributed by atoms with Crippen LogP contribution in [0.1, 0.15) is 5.56 Å². The maximum atomic E-state index is 12.0. The predicted octanol–water partition coefficient (Wildman–Crippen LogP) is 1.69. The normalized spacial score (nSPS) is 19.6. The van der Waals surface area contributed by atoms with Crippen molar-refractivity contribution in [3.8, 4) is 5.75 Å². The van der Waals surface area contributed by atoms with Crippen molar-refractivity contribution in [3.05, 3.63) is 29.8 Å². The van der Waals surface area contributed by atoms with Gasteiger partial charge in [0.25, 0.3) is 0 Å². The van der Waals surface area contributed by atoms with Crippen molar-refractivity contribution in [2.24, 2.45) is 0 Å². The van der Waals surface area contributed by atoms with Crippen LogP contribution in [0.25, 0.3) is 0 Å². The van der Waals surface area contributed by atoms with Crippen LogP contribution in [0.5, 0.6) is 5.75 Å². The van der Waals surface area contributed by atoms with E-state index in [9.17, 15) is 18.0 Å². The summed E-state index contributed by atoms with van der Waals surface area (Å²) in [6.45, 7) is 1.52. The minimum atomic E-state index is -4.71. The first-order valence-electron chi connectivity index (χ1n) is 6.12. The molecule has 1 aromatic carbocycles. The quantitative estimate of drug-likeness (QED) is 0.916. The lowest BCUT2D eigenvalue weighted by molar-refractivity contribution is -0.274. The van der Waals surface area contributed by atoms with E-state index in [0.717, 1.165) is 0 Å². The highest BCUT2D eigenvalue weighted by Gasteiger charge is 2.31. The van der Waals surface area contributed by atoms with Crippen molar-refractivity contribution in [3.63, 3.8) is 0 Å². The van der Waals surface area contributed by atoms with Gasteiger partial charge in [-0.15, -0.1) is 13.2 Å². The zero-order chi connectivity index (χ0) is 14.6. The number of carbonyl (C=O) groups is 1. The number of alkyl halides is 3. The Morgan fingerprint density at radius 3 is 2.60 bits per heavy atom. The lowest BCUT2D eigenvalue weighted by atomic mass is 10.0. The number of morpholine rings is 1. The van der Waals surface area contributed by atoms with Crippen LogP contribution in [0.3, 0.4) is 0 Å². The standard InChI is InChI=1S/C13H14F3NO3/c14-13(15,16)20-10-3-1-9(2-4-10)7-12(18)11-8-19-6-5-17-11/h1-4,11,17H,5-8H2. The summed E-state index contributed by atoms with van der Waals surface area (Å²) < 4.78 is 44.9. The summed E-state index contributed by atoms with van der Waals surface area (Å²) in [7, 11) is 0. The van der Waals surface area contributed by atoms with Crippen molar-refractivity contribution in [2.75, 3.05) is 19.8 Å². The molecule has 1 fully saturated rings. The molecular formula is C13H14F3NO3. The zero-order valence-electron chi connectivity index (χ0n) is 10.6. The number of nitrogens with one attached hydrogen (secondary N) is 1. The van der Waals surface area contributed by atoms with Gasteiger partial charge in [0, 0.05) is 13.0 Å². The predicted molar refractivity (Wildman–Crippen MR) is 64.4 cm³/mol. The van der Waals surface area contributed by atoms with E-state index in [4.69, 9.17) is 4.74 Å². The van der Waals surface area contributed by atoms with Crippen LogP contribution in [0.4, 0.5) is 13.2 Å². The van der Waals surface area contributed by atoms with Crippen molar-refractivity contribution < 1.29 is 27.4 Å².